The van der Waals surface area contributed by atoms with Crippen LogP contribution in [0.25, 0.3) is 11.1 Å². The number of methoxy groups -OCH3 is 3. The number of benzene rings is 5. The van der Waals surface area contributed by atoms with Crippen molar-refractivity contribution in [3.63, 3.8) is 0 Å². The second-order valence-corrected chi connectivity index (χ2v) is 18.1. The van der Waals surface area contributed by atoms with Crippen molar-refractivity contribution >= 4 is 21.8 Å². The molecule has 0 spiro atoms. The van der Waals surface area contributed by atoms with Crippen LogP contribution < -0.4 is 14.8 Å². The molecular weight excluding hydrogens is 870 g/mol. The fourth-order valence-electron chi connectivity index (χ4n) is 8.80. The largest absolute Gasteiger partial charge is 0.497 e. The minimum Gasteiger partial charge on any atom is -0.497 e. The Morgan fingerprint density at radius 2 is 1.39 bits per heavy atom. The van der Waals surface area contributed by atoms with Crippen molar-refractivity contribution in [2.24, 2.45) is 5.92 Å². The van der Waals surface area contributed by atoms with E-state index in [9.17, 15) is 14.6 Å². The Bertz CT molecular complexity index is 2340. The molecule has 15 heteroatoms. The maximum Gasteiger partial charge on any atom is 0.475 e. The number of fused-ring (bicyclic) bond motifs is 3. The van der Waals surface area contributed by atoms with Gasteiger partial charge in [-0.25, -0.2) is 9.36 Å². The number of rotatable bonds is 25. The molecule has 2 unspecified atom stereocenters. The van der Waals surface area contributed by atoms with Crippen LogP contribution >= 0.6 is 7.82 Å². The molecule has 5 aromatic rings. The van der Waals surface area contributed by atoms with E-state index in [0.29, 0.717) is 43.9 Å². The number of hydrogen-bond acceptors (Lipinski definition) is 12. The maximum atomic E-state index is 14.5. The lowest BCUT2D eigenvalue weighted by Crippen LogP contribution is -2.38. The number of amides is 1. The quantitative estimate of drug-likeness (QED) is 0.0257. The van der Waals surface area contributed by atoms with Crippen LogP contribution in [0.5, 0.6) is 11.5 Å². The van der Waals surface area contributed by atoms with Gasteiger partial charge in [-0.2, -0.15) is 5.26 Å². The van der Waals surface area contributed by atoms with E-state index in [1.165, 1.54) is 11.1 Å². The molecule has 1 fully saturated rings. The highest BCUT2D eigenvalue weighted by molar-refractivity contribution is 7.48. The Labute approximate surface area is 395 Å². The molecular formula is C52H58BN2O11P. The lowest BCUT2D eigenvalue weighted by atomic mass is 9.80. The van der Waals surface area contributed by atoms with Gasteiger partial charge in [0.2, 0.25) is 0 Å². The van der Waals surface area contributed by atoms with Crippen LogP contribution in [0.15, 0.2) is 127 Å². The first kappa shape index (κ1) is 49.4. The smallest absolute Gasteiger partial charge is 0.475 e. The lowest BCUT2D eigenvalue weighted by molar-refractivity contribution is -0.0749. The van der Waals surface area contributed by atoms with Crippen LogP contribution in [0.1, 0.15) is 65.8 Å². The summed E-state index contributed by atoms with van der Waals surface area (Å²) in [6.07, 6.45) is -0.0119. The standard InChI is InChI=1S/C52H58BN2O11P/c1-58-33-37(14-11-12-30-55-51(56)61-35-47-45-19-9-7-17-43(45)44-18-8-10-20-46(44)47)34-64-67(57,63-31-13-29-54)66-48-32-50(53)65-49(48)36-62-52(38-15-5-4-6-16-38,39-21-25-41(59-2)26-22-39)40-23-27-42(60-3)28-24-40/h4-10,15-28,37,47-50H,11-14,30-36H2,1-3H3,(H,55,56)/t37?,48-,49-,50-,67?/m1/s1. The van der Waals surface area contributed by atoms with Gasteiger partial charge < -0.3 is 33.7 Å². The van der Waals surface area contributed by atoms with Gasteiger partial charge in [-0.1, -0.05) is 110 Å². The van der Waals surface area contributed by atoms with Gasteiger partial charge in [0.05, 0.1) is 59.2 Å². The Morgan fingerprint density at radius 1 is 0.791 bits per heavy atom. The molecule has 1 N–H and O–H groups in total. The number of carbonyl (C=O) groups excluding carboxylic acids is 1. The number of ether oxygens (including phenoxy) is 6. The van der Waals surface area contributed by atoms with E-state index in [4.69, 9.17) is 49.8 Å². The molecule has 0 aromatic heterocycles. The summed E-state index contributed by atoms with van der Waals surface area (Å²) >= 11 is 0. The third kappa shape index (κ3) is 12.4. The summed E-state index contributed by atoms with van der Waals surface area (Å²) in [6.45, 7) is 0.704. The summed E-state index contributed by atoms with van der Waals surface area (Å²) < 4.78 is 68.0. The minimum atomic E-state index is -4.31. The predicted octanol–water partition coefficient (Wildman–Crippen LogP) is 9.71. The topological polar surface area (TPSA) is 153 Å². The number of unbranched alkanes of at least 4 members (excludes halogenated alkanes) is 1. The van der Waals surface area contributed by atoms with Gasteiger partial charge in [0.15, 0.2) is 0 Å². The van der Waals surface area contributed by atoms with Gasteiger partial charge in [-0.3, -0.25) is 13.6 Å². The van der Waals surface area contributed by atoms with Crippen molar-refractivity contribution in [2.45, 2.75) is 61.8 Å². The Kier molecular flexibility index (Phi) is 17.7. The average Bonchev–Trinajstić information content (AvgIpc) is 3.88. The van der Waals surface area contributed by atoms with Gasteiger partial charge >= 0.3 is 13.9 Å². The maximum absolute atomic E-state index is 14.5. The van der Waals surface area contributed by atoms with Gasteiger partial charge in [0.25, 0.3) is 0 Å². The number of phosphoric ester groups is 1. The molecule has 2 aliphatic rings. The minimum absolute atomic E-state index is 0.0235. The van der Waals surface area contributed by atoms with Crippen molar-refractivity contribution in [1.29, 1.82) is 5.26 Å². The van der Waals surface area contributed by atoms with Gasteiger partial charge in [0, 0.05) is 31.5 Å². The number of nitrogens with zero attached hydrogens (tertiary/aromatic N) is 1. The van der Waals surface area contributed by atoms with Crippen molar-refractivity contribution in [3.05, 3.63) is 155 Å². The summed E-state index contributed by atoms with van der Waals surface area (Å²) in [5, 5.41) is 12.2. The number of phosphoric acid groups is 1. The third-order valence-electron chi connectivity index (χ3n) is 12.1. The molecule has 0 bridgehead atoms. The first-order chi connectivity index (χ1) is 32.7. The number of carbonyl (C=O) groups is 1. The number of hydrogen-bond donors (Lipinski definition) is 1. The van der Waals surface area contributed by atoms with Gasteiger partial charge in [-0.15, -0.1) is 0 Å². The van der Waals surface area contributed by atoms with Crippen LogP contribution in [0.4, 0.5) is 4.79 Å². The van der Waals surface area contributed by atoms with Crippen molar-refractivity contribution in [2.75, 3.05) is 60.9 Å². The van der Waals surface area contributed by atoms with Crippen LogP contribution in [-0.4, -0.2) is 93.1 Å². The molecule has 7 rings (SSSR count). The molecule has 1 saturated heterocycles. The van der Waals surface area contributed by atoms with E-state index in [0.717, 1.165) is 27.8 Å². The number of nitrogens with one attached hydrogen (secondary N) is 1. The van der Waals surface area contributed by atoms with Gasteiger partial charge in [0.1, 0.15) is 37.7 Å². The molecule has 0 saturated carbocycles. The highest BCUT2D eigenvalue weighted by atomic mass is 31.2. The first-order valence-corrected chi connectivity index (χ1v) is 24.1. The Balaban J connectivity index is 0.975. The van der Waals surface area contributed by atoms with Crippen molar-refractivity contribution in [3.8, 4) is 28.7 Å². The summed E-state index contributed by atoms with van der Waals surface area (Å²) in [6, 6.07) is 42.8. The molecule has 2 radical (unpaired) electrons. The molecule has 350 valence electrons. The Hall–Kier alpha value is -5.49. The van der Waals surface area contributed by atoms with Crippen molar-refractivity contribution < 1.29 is 51.4 Å². The molecule has 13 nitrogen and oxygen atoms in total. The molecule has 67 heavy (non-hydrogen) atoms. The highest BCUT2D eigenvalue weighted by Crippen LogP contribution is 2.53. The normalized spacial score (nSPS) is 18.0. The van der Waals surface area contributed by atoms with Gasteiger partial charge in [-0.05, 0) is 82.5 Å². The zero-order valence-corrected chi connectivity index (χ0v) is 39.1. The lowest BCUT2D eigenvalue weighted by Gasteiger charge is -2.37. The predicted molar refractivity (Wildman–Crippen MR) is 254 cm³/mol. The summed E-state index contributed by atoms with van der Waals surface area (Å²) in [4.78, 5) is 12.8. The van der Waals surface area contributed by atoms with Crippen LogP contribution in [-0.2, 0) is 42.7 Å². The van der Waals surface area contributed by atoms with E-state index in [-0.39, 0.29) is 51.1 Å². The zero-order chi connectivity index (χ0) is 47.1. The zero-order valence-electron chi connectivity index (χ0n) is 38.3. The molecule has 1 aliphatic heterocycles. The molecule has 5 aromatic carbocycles. The van der Waals surface area contributed by atoms with Crippen LogP contribution in [0, 0.1) is 17.2 Å². The summed E-state index contributed by atoms with van der Waals surface area (Å²) in [5.41, 5.74) is 5.95. The summed E-state index contributed by atoms with van der Waals surface area (Å²) in [7, 11) is 6.88. The van der Waals surface area contributed by atoms with E-state index >= 15 is 0 Å². The highest BCUT2D eigenvalue weighted by Gasteiger charge is 2.44. The third-order valence-corrected chi connectivity index (χ3v) is 13.6. The van der Waals surface area contributed by atoms with E-state index in [1.54, 1.807) is 21.3 Å². The molecule has 1 amide bonds. The number of nitriles is 1. The fourth-order valence-corrected chi connectivity index (χ4v) is 10.3. The van der Waals surface area contributed by atoms with Crippen LogP contribution in [0.3, 0.4) is 0 Å². The Morgan fingerprint density at radius 3 is 1.99 bits per heavy atom. The van der Waals surface area contributed by atoms with Crippen molar-refractivity contribution in [1.82, 2.24) is 5.32 Å². The van der Waals surface area contributed by atoms with E-state index in [1.807, 2.05) is 109 Å². The van der Waals surface area contributed by atoms with Crippen LogP contribution in [0.2, 0.25) is 0 Å². The second kappa shape index (κ2) is 24.0. The number of alkyl carbamates (subject to hydrolysis) is 1. The summed E-state index contributed by atoms with van der Waals surface area (Å²) in [5.74, 6) is 1.14. The monoisotopic (exact) mass is 928 g/mol. The molecule has 5 atom stereocenters. The average molecular weight is 929 g/mol. The van der Waals surface area contributed by atoms with E-state index < -0.39 is 37.7 Å². The second-order valence-electron chi connectivity index (χ2n) is 16.5. The fraction of sp³-hybridized carbons (Fsp3) is 0.385. The SMILES string of the molecule is [B][C@H]1C[C@@H](OP(=O)(OCCC#N)OCC(CCCCNC(=O)OCC2c3ccccc3-c3ccccc32)COC)[C@@H](COC(c2ccccc2)(c2ccc(OC)cc2)c2ccc(OC)cc2)O1. The molecule has 1 aliphatic carbocycles. The van der Waals surface area contributed by atoms with E-state index in [2.05, 4.69) is 29.6 Å². The first-order valence-electron chi connectivity index (χ1n) is 22.6. The molecule has 1 heterocycles.